The van der Waals surface area contributed by atoms with Gasteiger partial charge in [0.05, 0.1) is 0 Å². The van der Waals surface area contributed by atoms with Crippen molar-refractivity contribution in [2.24, 2.45) is 0 Å². The van der Waals surface area contributed by atoms with Crippen LogP contribution in [0.25, 0.3) is 0 Å². The van der Waals surface area contributed by atoms with Crippen LogP contribution in [0.5, 0.6) is 0 Å². The molecular weight excluding hydrogens is 323 g/mol. The van der Waals surface area contributed by atoms with E-state index in [-0.39, 0.29) is 6.42 Å². The molecule has 0 amide bonds. The molecule has 0 N–H and O–H groups in total. The second-order valence-corrected chi connectivity index (χ2v) is 8.42. The molecule has 1 unspecified atom stereocenters. The minimum absolute atomic E-state index is 0.245. The van der Waals surface area contributed by atoms with Crippen LogP contribution in [0.15, 0.2) is 60.7 Å². The van der Waals surface area contributed by atoms with E-state index in [1.807, 2.05) is 0 Å². The van der Waals surface area contributed by atoms with Crippen molar-refractivity contribution in [3.63, 3.8) is 0 Å². The van der Waals surface area contributed by atoms with Crippen LogP contribution in [0, 0.1) is 0 Å². The molecule has 0 bridgehead atoms. The molecule has 0 aliphatic heterocycles. The second kappa shape index (κ2) is 7.14. The first-order valence-corrected chi connectivity index (χ1v) is 9.51. The van der Waals surface area contributed by atoms with Crippen LogP contribution >= 0.6 is 7.14 Å². The molecule has 0 radical (unpaired) electrons. The van der Waals surface area contributed by atoms with Gasteiger partial charge in [-0.3, -0.25) is 9.59 Å². The van der Waals surface area contributed by atoms with Crippen molar-refractivity contribution < 1.29 is 18.9 Å². The predicted molar refractivity (Wildman–Crippen MR) is 95.2 cm³/mol. The number of hydrogen-bond acceptors (Lipinski definition) is 4. The highest BCUT2D eigenvalue weighted by atomic mass is 31.2. The lowest BCUT2D eigenvalue weighted by atomic mass is 10.1. The summed E-state index contributed by atoms with van der Waals surface area (Å²) in [6.07, 6.45) is 0.245. The van der Waals surface area contributed by atoms with Crippen molar-refractivity contribution in [1.82, 2.24) is 0 Å². The Balaban J connectivity index is 2.66. The summed E-state index contributed by atoms with van der Waals surface area (Å²) in [5.74, 6) is -0.569. The van der Waals surface area contributed by atoms with Crippen LogP contribution in [-0.4, -0.2) is 17.1 Å². The molecular formula is C19H21O4P. The minimum Gasteiger partial charge on any atom is -0.451 e. The molecule has 0 heterocycles. The topological polar surface area (TPSA) is 60.4 Å². The Morgan fingerprint density at radius 1 is 0.958 bits per heavy atom. The molecule has 1 atom stereocenters. The molecule has 0 aliphatic rings. The molecule has 0 saturated carbocycles. The van der Waals surface area contributed by atoms with E-state index < -0.39 is 24.2 Å². The molecule has 126 valence electrons. The third-order valence-electron chi connectivity index (χ3n) is 4.02. The van der Waals surface area contributed by atoms with Crippen molar-refractivity contribution in [1.29, 1.82) is 0 Å². The Morgan fingerprint density at radius 3 is 1.71 bits per heavy atom. The van der Waals surface area contributed by atoms with Crippen molar-refractivity contribution >= 4 is 29.2 Å². The highest BCUT2D eigenvalue weighted by molar-refractivity contribution is 7.93. The van der Waals surface area contributed by atoms with Gasteiger partial charge in [0.15, 0.2) is 5.60 Å². The predicted octanol–water partition coefficient (Wildman–Crippen LogP) is 3.26. The molecule has 0 saturated heterocycles. The maximum Gasteiger partial charge on any atom is 0.303 e. The molecule has 0 aromatic heterocycles. The number of carbonyl (C=O) groups is 2. The molecule has 2 aromatic carbocycles. The van der Waals surface area contributed by atoms with Gasteiger partial charge in [0.1, 0.15) is 0 Å². The standard InChI is InChI=1S/C19H21O4P/c1-4-19(3,23-15(2)20)18(21)24(22,16-11-7-5-8-12-16)17-13-9-6-10-14-17/h5-14H,4H2,1-3H3. The van der Waals surface area contributed by atoms with Crippen LogP contribution in [0.3, 0.4) is 0 Å². The summed E-state index contributed by atoms with van der Waals surface area (Å²) in [7, 11) is -3.63. The summed E-state index contributed by atoms with van der Waals surface area (Å²) in [5, 5.41) is 0.876. The van der Waals surface area contributed by atoms with E-state index in [0.29, 0.717) is 10.6 Å². The smallest absolute Gasteiger partial charge is 0.303 e. The zero-order valence-electron chi connectivity index (χ0n) is 14.1. The number of esters is 1. The number of benzene rings is 2. The molecule has 0 fully saturated rings. The quantitative estimate of drug-likeness (QED) is 0.596. The minimum atomic E-state index is -3.63. The zero-order chi connectivity index (χ0) is 17.8. The summed E-state index contributed by atoms with van der Waals surface area (Å²) in [6, 6.07) is 17.3. The Bertz CT molecular complexity index is 727. The van der Waals surface area contributed by atoms with E-state index in [0.717, 1.165) is 0 Å². The molecule has 2 rings (SSSR count). The van der Waals surface area contributed by atoms with Gasteiger partial charge in [-0.2, -0.15) is 0 Å². The van der Waals surface area contributed by atoms with Gasteiger partial charge in [-0.15, -0.1) is 0 Å². The lowest BCUT2D eigenvalue weighted by Gasteiger charge is -2.30. The molecule has 0 aliphatic carbocycles. The third-order valence-corrected chi connectivity index (χ3v) is 7.12. The SMILES string of the molecule is CCC(C)(OC(C)=O)C(=O)P(=O)(c1ccccc1)c1ccccc1. The van der Waals surface area contributed by atoms with Gasteiger partial charge in [-0.25, -0.2) is 0 Å². The van der Waals surface area contributed by atoms with Crippen LogP contribution in [0.4, 0.5) is 0 Å². The first-order chi connectivity index (χ1) is 11.3. The van der Waals surface area contributed by atoms with E-state index in [1.54, 1.807) is 67.6 Å². The molecule has 24 heavy (non-hydrogen) atoms. The van der Waals surface area contributed by atoms with E-state index >= 15 is 0 Å². The van der Waals surface area contributed by atoms with Crippen LogP contribution in [0.1, 0.15) is 27.2 Å². The van der Waals surface area contributed by atoms with Crippen molar-refractivity contribution in [3.05, 3.63) is 60.7 Å². The van der Waals surface area contributed by atoms with E-state index in [4.69, 9.17) is 4.74 Å². The Hall–Kier alpha value is -2.19. The largest absolute Gasteiger partial charge is 0.451 e. The average Bonchev–Trinajstić information content (AvgIpc) is 2.61. The van der Waals surface area contributed by atoms with Crippen LogP contribution in [0.2, 0.25) is 0 Å². The Morgan fingerprint density at radius 2 is 1.38 bits per heavy atom. The average molecular weight is 344 g/mol. The normalized spacial score (nSPS) is 13.8. The fraction of sp³-hybridized carbons (Fsp3) is 0.263. The van der Waals surface area contributed by atoms with Gasteiger partial charge in [0.2, 0.25) is 12.7 Å². The second-order valence-electron chi connectivity index (χ2n) is 5.76. The Labute approximate surface area is 142 Å². The lowest BCUT2D eigenvalue weighted by molar-refractivity contribution is -0.160. The highest BCUT2D eigenvalue weighted by Crippen LogP contribution is 2.49. The molecule has 5 heteroatoms. The van der Waals surface area contributed by atoms with E-state index in [9.17, 15) is 14.2 Å². The van der Waals surface area contributed by atoms with Crippen LogP contribution in [-0.2, 0) is 18.9 Å². The first kappa shape index (κ1) is 18.2. The molecule has 2 aromatic rings. The van der Waals surface area contributed by atoms with Gasteiger partial charge in [0.25, 0.3) is 0 Å². The zero-order valence-corrected chi connectivity index (χ0v) is 15.0. The number of rotatable bonds is 6. The fourth-order valence-corrected chi connectivity index (χ4v) is 5.40. The summed E-state index contributed by atoms with van der Waals surface area (Å²) in [6.45, 7) is 4.51. The van der Waals surface area contributed by atoms with Crippen molar-refractivity contribution in [2.75, 3.05) is 0 Å². The number of hydrogen-bond donors (Lipinski definition) is 0. The summed E-state index contributed by atoms with van der Waals surface area (Å²) in [4.78, 5) is 24.8. The summed E-state index contributed by atoms with van der Waals surface area (Å²) < 4.78 is 19.2. The Kier molecular flexibility index (Phi) is 5.40. The maximum atomic E-state index is 14.0. The molecule has 4 nitrogen and oxygen atoms in total. The molecule has 0 spiro atoms. The van der Waals surface area contributed by atoms with E-state index in [1.165, 1.54) is 13.8 Å². The number of ether oxygens (including phenoxy) is 1. The maximum absolute atomic E-state index is 14.0. The summed E-state index contributed by atoms with van der Waals surface area (Å²) >= 11 is 0. The van der Waals surface area contributed by atoms with Gasteiger partial charge < -0.3 is 9.30 Å². The van der Waals surface area contributed by atoms with Gasteiger partial charge in [0, 0.05) is 17.5 Å². The van der Waals surface area contributed by atoms with Gasteiger partial charge >= 0.3 is 5.97 Å². The van der Waals surface area contributed by atoms with E-state index in [2.05, 4.69) is 0 Å². The van der Waals surface area contributed by atoms with Gasteiger partial charge in [-0.05, 0) is 13.3 Å². The highest BCUT2D eigenvalue weighted by Gasteiger charge is 2.48. The van der Waals surface area contributed by atoms with Gasteiger partial charge in [-0.1, -0.05) is 67.6 Å². The van der Waals surface area contributed by atoms with Crippen LogP contribution < -0.4 is 10.6 Å². The lowest BCUT2D eigenvalue weighted by Crippen LogP contribution is -2.42. The number of carbonyl (C=O) groups excluding carboxylic acids is 2. The first-order valence-electron chi connectivity index (χ1n) is 7.80. The monoisotopic (exact) mass is 344 g/mol. The third kappa shape index (κ3) is 3.34. The fourth-order valence-electron chi connectivity index (χ4n) is 2.58. The summed E-state index contributed by atoms with van der Waals surface area (Å²) in [5.41, 5.74) is -2.00. The van der Waals surface area contributed by atoms with Crippen molar-refractivity contribution in [3.8, 4) is 0 Å². The van der Waals surface area contributed by atoms with Crippen molar-refractivity contribution in [2.45, 2.75) is 32.8 Å².